The minimum atomic E-state index is 0.393. The predicted molar refractivity (Wildman–Crippen MR) is 90.6 cm³/mol. The summed E-state index contributed by atoms with van der Waals surface area (Å²) in [6, 6.07) is 8.76. The highest BCUT2D eigenvalue weighted by Crippen LogP contribution is 2.32. The highest BCUT2D eigenvalue weighted by Gasteiger charge is 2.28. The van der Waals surface area contributed by atoms with E-state index in [0.717, 1.165) is 35.9 Å². The van der Waals surface area contributed by atoms with Crippen molar-refractivity contribution in [2.24, 2.45) is 0 Å². The lowest BCUT2D eigenvalue weighted by molar-refractivity contribution is 0.238. The average Bonchev–Trinajstić information content (AvgIpc) is 3.25. The van der Waals surface area contributed by atoms with Crippen LogP contribution in [0.4, 0.5) is 0 Å². The molecule has 0 bridgehead atoms. The van der Waals surface area contributed by atoms with Gasteiger partial charge in [-0.3, -0.25) is 4.90 Å². The fourth-order valence-electron chi connectivity index (χ4n) is 3.53. The van der Waals surface area contributed by atoms with E-state index < -0.39 is 0 Å². The molecule has 0 amide bonds. The van der Waals surface area contributed by atoms with E-state index in [4.69, 9.17) is 4.74 Å². The monoisotopic (exact) mass is 310 g/mol. The molecule has 1 saturated heterocycles. The molecule has 5 heteroatoms. The second-order valence-corrected chi connectivity index (χ2v) is 6.33. The van der Waals surface area contributed by atoms with E-state index >= 15 is 0 Å². The second kappa shape index (κ2) is 5.74. The number of aryl methyl sites for hydroxylation is 1. The quantitative estimate of drug-likeness (QED) is 0.775. The van der Waals surface area contributed by atoms with Gasteiger partial charge in [-0.2, -0.15) is 0 Å². The summed E-state index contributed by atoms with van der Waals surface area (Å²) in [7, 11) is 1.70. The van der Waals surface area contributed by atoms with Crippen LogP contribution in [0.1, 0.15) is 36.1 Å². The molecular weight excluding hydrogens is 288 g/mol. The number of aromatic nitrogens is 3. The Bertz CT molecular complexity index is 819. The lowest BCUT2D eigenvalue weighted by atomic mass is 10.2. The third-order valence-electron chi connectivity index (χ3n) is 4.66. The Morgan fingerprint density at radius 3 is 3.00 bits per heavy atom. The number of methoxy groups -OCH3 is 1. The Balaban J connectivity index is 1.57. The topological polar surface area (TPSA) is 56.9 Å². The van der Waals surface area contributed by atoms with Gasteiger partial charge in [-0.15, -0.1) is 0 Å². The van der Waals surface area contributed by atoms with Crippen LogP contribution in [0, 0.1) is 6.92 Å². The van der Waals surface area contributed by atoms with E-state index in [2.05, 4.69) is 45.0 Å². The van der Waals surface area contributed by atoms with Crippen LogP contribution >= 0.6 is 0 Å². The Hall–Kier alpha value is -2.27. The highest BCUT2D eigenvalue weighted by molar-refractivity contribution is 5.81. The van der Waals surface area contributed by atoms with Crippen molar-refractivity contribution >= 4 is 10.9 Å². The number of rotatable bonds is 4. The summed E-state index contributed by atoms with van der Waals surface area (Å²) in [4.78, 5) is 14.0. The fourth-order valence-corrected chi connectivity index (χ4v) is 3.53. The molecule has 1 aliphatic rings. The number of nitrogens with zero attached hydrogens (tertiary/aromatic N) is 2. The summed E-state index contributed by atoms with van der Waals surface area (Å²) >= 11 is 0. The van der Waals surface area contributed by atoms with Gasteiger partial charge in [0, 0.05) is 35.0 Å². The number of fused-ring (bicyclic) bond motifs is 1. The van der Waals surface area contributed by atoms with Gasteiger partial charge in [0.15, 0.2) is 0 Å². The molecule has 0 saturated carbocycles. The number of hydrogen-bond donors (Lipinski definition) is 2. The van der Waals surface area contributed by atoms with Gasteiger partial charge in [0.05, 0.1) is 13.2 Å². The van der Waals surface area contributed by atoms with Crippen LogP contribution in [-0.4, -0.2) is 33.5 Å². The SMILES string of the molecule is COc1ccc2[nH]c(CN3CCCC3c3ncc(C)[nH]3)cc2c1. The van der Waals surface area contributed by atoms with Crippen LogP contribution < -0.4 is 4.74 Å². The minimum absolute atomic E-state index is 0.393. The van der Waals surface area contributed by atoms with Crippen molar-refractivity contribution in [3.8, 4) is 5.75 Å². The summed E-state index contributed by atoms with van der Waals surface area (Å²) in [6.45, 7) is 4.09. The first-order chi connectivity index (χ1) is 11.2. The van der Waals surface area contributed by atoms with E-state index in [1.807, 2.05) is 12.3 Å². The lowest BCUT2D eigenvalue weighted by Crippen LogP contribution is -2.23. The average molecular weight is 310 g/mol. The molecular formula is C18H22N4O. The number of imidazole rings is 1. The zero-order chi connectivity index (χ0) is 15.8. The third-order valence-corrected chi connectivity index (χ3v) is 4.66. The van der Waals surface area contributed by atoms with Gasteiger partial charge in [-0.05, 0) is 50.6 Å². The highest BCUT2D eigenvalue weighted by atomic mass is 16.5. The van der Waals surface area contributed by atoms with Crippen molar-refractivity contribution in [1.82, 2.24) is 19.9 Å². The molecule has 1 aliphatic heterocycles. The predicted octanol–water partition coefficient (Wildman–Crippen LogP) is 3.55. The molecule has 0 radical (unpaired) electrons. The number of hydrogen-bond acceptors (Lipinski definition) is 3. The molecule has 23 heavy (non-hydrogen) atoms. The maximum Gasteiger partial charge on any atom is 0.123 e. The van der Waals surface area contributed by atoms with Gasteiger partial charge in [0.1, 0.15) is 11.6 Å². The maximum absolute atomic E-state index is 5.31. The molecule has 2 aromatic heterocycles. The smallest absolute Gasteiger partial charge is 0.123 e. The lowest BCUT2D eigenvalue weighted by Gasteiger charge is -2.22. The van der Waals surface area contributed by atoms with Crippen molar-refractivity contribution in [2.45, 2.75) is 32.4 Å². The van der Waals surface area contributed by atoms with Crippen molar-refractivity contribution in [3.05, 3.63) is 47.7 Å². The number of nitrogens with one attached hydrogen (secondary N) is 2. The first-order valence-corrected chi connectivity index (χ1v) is 8.14. The van der Waals surface area contributed by atoms with Crippen LogP contribution in [-0.2, 0) is 6.54 Å². The second-order valence-electron chi connectivity index (χ2n) is 6.33. The number of likely N-dealkylation sites (tertiary alicyclic amines) is 1. The number of H-pyrrole nitrogens is 2. The third kappa shape index (κ3) is 2.72. The minimum Gasteiger partial charge on any atom is -0.497 e. The van der Waals surface area contributed by atoms with Gasteiger partial charge in [-0.1, -0.05) is 0 Å². The van der Waals surface area contributed by atoms with Crippen molar-refractivity contribution in [1.29, 1.82) is 0 Å². The molecule has 1 atom stereocenters. The summed E-state index contributed by atoms with van der Waals surface area (Å²) in [6.07, 6.45) is 4.31. The van der Waals surface area contributed by atoms with Crippen molar-refractivity contribution < 1.29 is 4.74 Å². The molecule has 1 aromatic carbocycles. The first kappa shape index (κ1) is 14.3. The molecule has 4 rings (SSSR count). The van der Waals surface area contributed by atoms with Crippen LogP contribution in [0.3, 0.4) is 0 Å². The van der Waals surface area contributed by atoms with Gasteiger partial charge in [0.2, 0.25) is 0 Å². The van der Waals surface area contributed by atoms with Gasteiger partial charge in [0.25, 0.3) is 0 Å². The standard InChI is InChI=1S/C18H22N4O/c1-12-10-19-18(20-12)17-4-3-7-22(17)11-14-8-13-9-15(23-2)5-6-16(13)21-14/h5-6,8-10,17,21H,3-4,7,11H2,1-2H3,(H,19,20). The zero-order valence-electron chi connectivity index (χ0n) is 13.6. The van der Waals surface area contributed by atoms with Gasteiger partial charge >= 0.3 is 0 Å². The van der Waals surface area contributed by atoms with E-state index in [1.165, 1.54) is 23.9 Å². The molecule has 0 aliphatic carbocycles. The van der Waals surface area contributed by atoms with Crippen LogP contribution in [0.5, 0.6) is 5.75 Å². The number of benzene rings is 1. The molecule has 0 spiro atoms. The Labute approximate surface area is 135 Å². The largest absolute Gasteiger partial charge is 0.497 e. The maximum atomic E-state index is 5.31. The summed E-state index contributed by atoms with van der Waals surface area (Å²) in [5.74, 6) is 1.99. The molecule has 5 nitrogen and oxygen atoms in total. The summed E-state index contributed by atoms with van der Waals surface area (Å²) in [5, 5.41) is 1.20. The number of aromatic amines is 2. The molecule has 3 aromatic rings. The Morgan fingerprint density at radius 2 is 2.22 bits per heavy atom. The number of ether oxygens (including phenoxy) is 1. The molecule has 1 unspecified atom stereocenters. The Kier molecular flexibility index (Phi) is 3.58. The van der Waals surface area contributed by atoms with Crippen molar-refractivity contribution in [2.75, 3.05) is 13.7 Å². The van der Waals surface area contributed by atoms with Gasteiger partial charge in [-0.25, -0.2) is 4.98 Å². The Morgan fingerprint density at radius 1 is 1.30 bits per heavy atom. The van der Waals surface area contributed by atoms with Crippen LogP contribution in [0.25, 0.3) is 10.9 Å². The van der Waals surface area contributed by atoms with Crippen molar-refractivity contribution in [3.63, 3.8) is 0 Å². The van der Waals surface area contributed by atoms with E-state index in [9.17, 15) is 0 Å². The fraction of sp³-hybridized carbons (Fsp3) is 0.389. The van der Waals surface area contributed by atoms with E-state index in [-0.39, 0.29) is 0 Å². The molecule has 1 fully saturated rings. The van der Waals surface area contributed by atoms with E-state index in [0.29, 0.717) is 6.04 Å². The van der Waals surface area contributed by atoms with Gasteiger partial charge < -0.3 is 14.7 Å². The van der Waals surface area contributed by atoms with Crippen LogP contribution in [0.15, 0.2) is 30.5 Å². The summed E-state index contributed by atoms with van der Waals surface area (Å²) < 4.78 is 5.31. The normalized spacial score (nSPS) is 18.8. The molecule has 2 N–H and O–H groups in total. The molecule has 120 valence electrons. The molecule has 3 heterocycles. The van der Waals surface area contributed by atoms with Crippen LogP contribution in [0.2, 0.25) is 0 Å². The summed E-state index contributed by atoms with van der Waals surface area (Å²) in [5.41, 5.74) is 3.53. The first-order valence-electron chi connectivity index (χ1n) is 8.14. The zero-order valence-corrected chi connectivity index (χ0v) is 13.6. The van der Waals surface area contributed by atoms with E-state index in [1.54, 1.807) is 7.11 Å².